The molecule has 0 aromatic heterocycles. The summed E-state index contributed by atoms with van der Waals surface area (Å²) in [6.45, 7) is 7.00. The maximum atomic E-state index is 8.40. The molecule has 0 heterocycles. The van der Waals surface area contributed by atoms with Gasteiger partial charge in [-0.1, -0.05) is 26.0 Å². The zero-order chi connectivity index (χ0) is 8.69. The number of hydrogen-bond donors (Lipinski definition) is 1. The second-order valence-corrected chi connectivity index (χ2v) is 2.94. The number of hydrogen-bond acceptors (Lipinski definition) is 2. The normalized spacial score (nSPS) is 14.6. The lowest BCUT2D eigenvalue weighted by Gasteiger charge is -2.14. The molecule has 1 atom stereocenters. The summed E-state index contributed by atoms with van der Waals surface area (Å²) in [6, 6.07) is 0. The molecule has 11 heavy (non-hydrogen) atoms. The van der Waals surface area contributed by atoms with Gasteiger partial charge in [0.25, 0.3) is 0 Å². The van der Waals surface area contributed by atoms with Crippen molar-refractivity contribution in [1.29, 1.82) is 0 Å². The van der Waals surface area contributed by atoms with Gasteiger partial charge in [-0.25, -0.2) is 0 Å². The minimum Gasteiger partial charge on any atom is -0.392 e. The summed E-state index contributed by atoms with van der Waals surface area (Å²) in [6.07, 6.45) is 3.81. The molecule has 2 heteroatoms. The summed E-state index contributed by atoms with van der Waals surface area (Å²) in [5, 5.41) is 8.40. The van der Waals surface area contributed by atoms with Crippen LogP contribution >= 0.6 is 0 Å². The zero-order valence-electron chi connectivity index (χ0n) is 7.58. The lowest BCUT2D eigenvalue weighted by atomic mass is 10.1. The first kappa shape index (κ1) is 10.7. The van der Waals surface area contributed by atoms with E-state index in [-0.39, 0.29) is 6.61 Å². The van der Waals surface area contributed by atoms with Crippen molar-refractivity contribution in [3.8, 4) is 0 Å². The first-order chi connectivity index (χ1) is 5.18. The molecule has 66 valence electrons. The van der Waals surface area contributed by atoms with Crippen LogP contribution < -0.4 is 0 Å². The van der Waals surface area contributed by atoms with Crippen molar-refractivity contribution in [2.75, 3.05) is 13.2 Å². The monoisotopic (exact) mass is 158 g/mol. The molecule has 0 aromatic carbocycles. The SMILES string of the molecule is CC(C)[C@@H](C)OC/C=C/CO. The predicted molar refractivity (Wildman–Crippen MR) is 46.5 cm³/mol. The van der Waals surface area contributed by atoms with Crippen LogP contribution in [0.1, 0.15) is 20.8 Å². The fraction of sp³-hybridized carbons (Fsp3) is 0.778. The van der Waals surface area contributed by atoms with Crippen molar-refractivity contribution < 1.29 is 9.84 Å². The van der Waals surface area contributed by atoms with Gasteiger partial charge >= 0.3 is 0 Å². The minimum absolute atomic E-state index is 0.0966. The molecule has 0 unspecified atom stereocenters. The van der Waals surface area contributed by atoms with E-state index in [9.17, 15) is 0 Å². The Hall–Kier alpha value is -0.340. The van der Waals surface area contributed by atoms with E-state index in [1.807, 2.05) is 6.08 Å². The van der Waals surface area contributed by atoms with Gasteiger partial charge < -0.3 is 9.84 Å². The molecule has 2 nitrogen and oxygen atoms in total. The lowest BCUT2D eigenvalue weighted by molar-refractivity contribution is 0.0544. The van der Waals surface area contributed by atoms with E-state index in [0.29, 0.717) is 18.6 Å². The van der Waals surface area contributed by atoms with E-state index in [2.05, 4.69) is 20.8 Å². The van der Waals surface area contributed by atoms with Crippen molar-refractivity contribution in [3.05, 3.63) is 12.2 Å². The van der Waals surface area contributed by atoms with Crippen LogP contribution in [0.3, 0.4) is 0 Å². The molecule has 0 bridgehead atoms. The summed E-state index contributed by atoms with van der Waals surface area (Å²) >= 11 is 0. The van der Waals surface area contributed by atoms with Gasteiger partial charge in [-0.3, -0.25) is 0 Å². The second-order valence-electron chi connectivity index (χ2n) is 2.94. The Morgan fingerprint density at radius 2 is 1.91 bits per heavy atom. The second kappa shape index (κ2) is 6.38. The maximum Gasteiger partial charge on any atom is 0.0652 e. The van der Waals surface area contributed by atoms with Gasteiger partial charge in [0.1, 0.15) is 0 Å². The van der Waals surface area contributed by atoms with Gasteiger partial charge in [-0.15, -0.1) is 0 Å². The van der Waals surface area contributed by atoms with Crippen molar-refractivity contribution in [3.63, 3.8) is 0 Å². The highest BCUT2D eigenvalue weighted by atomic mass is 16.5. The van der Waals surface area contributed by atoms with E-state index >= 15 is 0 Å². The third kappa shape index (κ3) is 6.07. The molecule has 0 fully saturated rings. The molecule has 0 aliphatic carbocycles. The minimum atomic E-state index is 0.0966. The summed E-state index contributed by atoms with van der Waals surface area (Å²) < 4.78 is 5.41. The Labute approximate surface area is 68.9 Å². The number of aliphatic hydroxyl groups is 1. The van der Waals surface area contributed by atoms with Crippen LogP contribution in [0.25, 0.3) is 0 Å². The van der Waals surface area contributed by atoms with Gasteiger partial charge in [0.15, 0.2) is 0 Å². The molecule has 0 aromatic rings. The summed E-state index contributed by atoms with van der Waals surface area (Å²) in [7, 11) is 0. The van der Waals surface area contributed by atoms with Crippen LogP contribution in [0.15, 0.2) is 12.2 Å². The Kier molecular flexibility index (Phi) is 6.18. The van der Waals surface area contributed by atoms with Crippen LogP contribution in [0.4, 0.5) is 0 Å². The molecular formula is C9H18O2. The van der Waals surface area contributed by atoms with E-state index in [1.54, 1.807) is 6.08 Å². The van der Waals surface area contributed by atoms with Gasteiger partial charge in [0, 0.05) is 0 Å². The maximum absolute atomic E-state index is 8.40. The molecule has 0 aliphatic rings. The van der Waals surface area contributed by atoms with Gasteiger partial charge in [0.05, 0.1) is 19.3 Å². The Balaban J connectivity index is 3.31. The van der Waals surface area contributed by atoms with Crippen LogP contribution in [0.2, 0.25) is 0 Å². The van der Waals surface area contributed by atoms with Gasteiger partial charge in [-0.05, 0) is 12.8 Å². The highest BCUT2D eigenvalue weighted by Crippen LogP contribution is 2.04. The Morgan fingerprint density at radius 1 is 1.27 bits per heavy atom. The molecule has 0 spiro atoms. The molecule has 0 rings (SSSR count). The molecular weight excluding hydrogens is 140 g/mol. The van der Waals surface area contributed by atoms with E-state index in [0.717, 1.165) is 0 Å². The van der Waals surface area contributed by atoms with Crippen LogP contribution in [0.5, 0.6) is 0 Å². The molecule has 1 N–H and O–H groups in total. The molecule has 0 radical (unpaired) electrons. The molecule has 0 aliphatic heterocycles. The van der Waals surface area contributed by atoms with Gasteiger partial charge in [-0.2, -0.15) is 0 Å². The van der Waals surface area contributed by atoms with E-state index in [4.69, 9.17) is 9.84 Å². The predicted octanol–water partition coefficient (Wildman–Crippen LogP) is 1.60. The Morgan fingerprint density at radius 3 is 2.36 bits per heavy atom. The highest BCUT2D eigenvalue weighted by molar-refractivity contribution is 4.80. The lowest BCUT2D eigenvalue weighted by Crippen LogP contribution is -2.15. The van der Waals surface area contributed by atoms with Crippen molar-refractivity contribution in [1.82, 2.24) is 0 Å². The number of aliphatic hydroxyl groups excluding tert-OH is 1. The fourth-order valence-corrected chi connectivity index (χ4v) is 0.542. The average molecular weight is 158 g/mol. The largest absolute Gasteiger partial charge is 0.392 e. The number of rotatable bonds is 5. The Bertz CT molecular complexity index is 108. The van der Waals surface area contributed by atoms with Crippen LogP contribution in [-0.2, 0) is 4.74 Å². The third-order valence-electron chi connectivity index (χ3n) is 1.67. The highest BCUT2D eigenvalue weighted by Gasteiger charge is 2.04. The topological polar surface area (TPSA) is 29.5 Å². The number of ether oxygens (including phenoxy) is 1. The molecule has 0 saturated heterocycles. The van der Waals surface area contributed by atoms with Crippen molar-refractivity contribution >= 4 is 0 Å². The molecule has 0 saturated carbocycles. The smallest absolute Gasteiger partial charge is 0.0652 e. The zero-order valence-corrected chi connectivity index (χ0v) is 7.58. The summed E-state index contributed by atoms with van der Waals surface area (Å²) in [5.74, 6) is 0.553. The van der Waals surface area contributed by atoms with Crippen molar-refractivity contribution in [2.24, 2.45) is 5.92 Å². The first-order valence-corrected chi connectivity index (χ1v) is 4.06. The van der Waals surface area contributed by atoms with E-state index in [1.165, 1.54) is 0 Å². The van der Waals surface area contributed by atoms with E-state index < -0.39 is 0 Å². The summed E-state index contributed by atoms with van der Waals surface area (Å²) in [5.41, 5.74) is 0. The van der Waals surface area contributed by atoms with Crippen LogP contribution in [0, 0.1) is 5.92 Å². The fourth-order valence-electron chi connectivity index (χ4n) is 0.542. The van der Waals surface area contributed by atoms with Crippen LogP contribution in [-0.4, -0.2) is 24.4 Å². The third-order valence-corrected chi connectivity index (χ3v) is 1.67. The summed E-state index contributed by atoms with van der Waals surface area (Å²) in [4.78, 5) is 0. The quantitative estimate of drug-likeness (QED) is 0.616. The standard InChI is InChI=1S/C9H18O2/c1-8(2)9(3)11-7-5-4-6-10/h4-5,8-10H,6-7H2,1-3H3/b5-4+/t9-/m1/s1. The molecule has 0 amide bonds. The van der Waals surface area contributed by atoms with Gasteiger partial charge in [0.2, 0.25) is 0 Å². The first-order valence-electron chi connectivity index (χ1n) is 4.06. The average Bonchev–Trinajstić information content (AvgIpc) is 1.97. The van der Waals surface area contributed by atoms with Crippen molar-refractivity contribution in [2.45, 2.75) is 26.9 Å².